The van der Waals surface area contributed by atoms with Crippen molar-refractivity contribution in [3.63, 3.8) is 0 Å². The van der Waals surface area contributed by atoms with Crippen LogP contribution in [0.4, 0.5) is 0 Å². The number of Topliss-reactive ketones (excluding diaryl/α,β-unsaturated/α-hetero) is 1. The number of aliphatic hydroxyl groups is 2. The van der Waals surface area contributed by atoms with E-state index in [4.69, 9.17) is 0 Å². The SMILES string of the molecule is C[C@@H]1C[C@H]2[C@H](O)C(=O)[C@@]3(O)CCCN4CCC[C@H]2[C@@]43C1. The van der Waals surface area contributed by atoms with E-state index in [2.05, 4.69) is 11.8 Å². The molecular formula is C16H25NO3. The highest BCUT2D eigenvalue weighted by Gasteiger charge is 2.72. The number of hydrogen-bond donors (Lipinski definition) is 2. The van der Waals surface area contributed by atoms with Gasteiger partial charge in [-0.25, -0.2) is 0 Å². The molecule has 0 aromatic carbocycles. The van der Waals surface area contributed by atoms with E-state index in [-0.39, 0.29) is 17.2 Å². The Morgan fingerprint density at radius 1 is 1.30 bits per heavy atom. The van der Waals surface area contributed by atoms with Gasteiger partial charge >= 0.3 is 0 Å². The maximum Gasteiger partial charge on any atom is 0.194 e. The number of aliphatic hydroxyl groups excluding tert-OH is 1. The number of carbonyl (C=O) groups is 1. The third-order valence-corrected chi connectivity index (χ3v) is 6.74. The summed E-state index contributed by atoms with van der Waals surface area (Å²) in [5, 5.41) is 21.8. The molecule has 20 heavy (non-hydrogen) atoms. The first-order valence-electron chi connectivity index (χ1n) is 8.20. The zero-order valence-electron chi connectivity index (χ0n) is 12.2. The fraction of sp³-hybridized carbons (Fsp3) is 0.938. The first-order valence-corrected chi connectivity index (χ1v) is 8.20. The van der Waals surface area contributed by atoms with Crippen molar-refractivity contribution in [1.29, 1.82) is 0 Å². The van der Waals surface area contributed by atoms with E-state index in [0.29, 0.717) is 18.3 Å². The number of rotatable bonds is 0. The lowest BCUT2D eigenvalue weighted by molar-refractivity contribution is -0.246. The summed E-state index contributed by atoms with van der Waals surface area (Å²) >= 11 is 0. The van der Waals surface area contributed by atoms with Crippen molar-refractivity contribution in [2.24, 2.45) is 17.8 Å². The topological polar surface area (TPSA) is 60.8 Å². The standard InChI is InChI=1S/C16H25NO3/c1-10-8-11-12-4-2-6-17-7-3-5-16(20,14(19)13(11)18)15(12,17)9-10/h10-13,18,20H,2-9H2,1H3/t10-,11-,12-,13+,15-,16+/m1/s1. The van der Waals surface area contributed by atoms with Gasteiger partial charge in [-0.2, -0.15) is 0 Å². The van der Waals surface area contributed by atoms with E-state index in [9.17, 15) is 15.0 Å². The Morgan fingerprint density at radius 3 is 2.85 bits per heavy atom. The highest BCUT2D eigenvalue weighted by Crippen LogP contribution is 2.60. The predicted molar refractivity (Wildman–Crippen MR) is 74.1 cm³/mol. The number of ketones is 1. The third-order valence-electron chi connectivity index (χ3n) is 6.74. The number of hydrogen-bond acceptors (Lipinski definition) is 4. The summed E-state index contributed by atoms with van der Waals surface area (Å²) < 4.78 is 0. The Balaban J connectivity index is 1.91. The highest BCUT2D eigenvalue weighted by molar-refractivity contribution is 5.94. The van der Waals surface area contributed by atoms with Crippen LogP contribution in [0.25, 0.3) is 0 Å². The number of nitrogens with zero attached hydrogens (tertiary/aromatic N) is 1. The molecule has 4 heteroatoms. The predicted octanol–water partition coefficient (Wildman–Crippen LogP) is 0.952. The van der Waals surface area contributed by atoms with Crippen LogP contribution in [-0.4, -0.2) is 51.2 Å². The summed E-state index contributed by atoms with van der Waals surface area (Å²) in [4.78, 5) is 15.1. The lowest BCUT2D eigenvalue weighted by Crippen LogP contribution is -2.82. The molecule has 0 radical (unpaired) electrons. The molecular weight excluding hydrogens is 254 g/mol. The van der Waals surface area contributed by atoms with E-state index in [1.165, 1.54) is 0 Å². The van der Waals surface area contributed by atoms with Crippen LogP contribution in [0.1, 0.15) is 45.4 Å². The molecule has 4 aliphatic rings. The van der Waals surface area contributed by atoms with Gasteiger partial charge in [0.15, 0.2) is 5.78 Å². The lowest BCUT2D eigenvalue weighted by atomic mass is 9.46. The average Bonchev–Trinajstić information content (AvgIpc) is 2.43. The molecule has 0 aromatic rings. The van der Waals surface area contributed by atoms with Crippen LogP contribution in [0.15, 0.2) is 0 Å². The second-order valence-electron chi connectivity index (χ2n) is 7.64. The molecule has 4 fully saturated rings. The van der Waals surface area contributed by atoms with Crippen molar-refractivity contribution in [3.05, 3.63) is 0 Å². The first kappa shape index (κ1) is 13.2. The summed E-state index contributed by atoms with van der Waals surface area (Å²) in [5.41, 5.74) is -1.68. The van der Waals surface area contributed by atoms with Gasteiger partial charge < -0.3 is 10.2 Å². The first-order chi connectivity index (χ1) is 9.50. The summed E-state index contributed by atoms with van der Waals surface area (Å²) in [5.74, 6) is 0.555. The van der Waals surface area contributed by atoms with Crippen LogP contribution in [0.3, 0.4) is 0 Å². The van der Waals surface area contributed by atoms with Gasteiger partial charge in [0, 0.05) is 0 Å². The molecule has 1 spiro atoms. The van der Waals surface area contributed by atoms with Crippen LogP contribution < -0.4 is 0 Å². The summed E-state index contributed by atoms with van der Waals surface area (Å²) in [6.45, 7) is 4.21. The number of piperidine rings is 2. The van der Waals surface area contributed by atoms with E-state index >= 15 is 0 Å². The van der Waals surface area contributed by atoms with Gasteiger partial charge in [-0.15, -0.1) is 0 Å². The van der Waals surface area contributed by atoms with E-state index in [0.717, 1.165) is 45.2 Å². The maximum atomic E-state index is 12.7. The molecule has 0 unspecified atom stereocenters. The van der Waals surface area contributed by atoms with Gasteiger partial charge in [0.25, 0.3) is 0 Å². The smallest absolute Gasteiger partial charge is 0.194 e. The zero-order valence-corrected chi connectivity index (χ0v) is 12.2. The Kier molecular flexibility index (Phi) is 2.68. The minimum atomic E-state index is -1.30. The van der Waals surface area contributed by atoms with Gasteiger partial charge in [-0.3, -0.25) is 9.69 Å². The fourth-order valence-electron chi connectivity index (χ4n) is 6.18. The second-order valence-corrected chi connectivity index (χ2v) is 7.64. The van der Waals surface area contributed by atoms with Gasteiger partial charge in [0.1, 0.15) is 11.7 Å². The van der Waals surface area contributed by atoms with Crippen LogP contribution in [0.5, 0.6) is 0 Å². The Morgan fingerprint density at radius 2 is 2.05 bits per heavy atom. The molecule has 2 aliphatic carbocycles. The van der Waals surface area contributed by atoms with Crippen LogP contribution in [0.2, 0.25) is 0 Å². The van der Waals surface area contributed by atoms with Crippen LogP contribution in [-0.2, 0) is 4.79 Å². The Labute approximate surface area is 120 Å². The Bertz CT molecular complexity index is 451. The molecule has 112 valence electrons. The van der Waals surface area contributed by atoms with Crippen molar-refractivity contribution >= 4 is 5.78 Å². The maximum absolute atomic E-state index is 12.7. The largest absolute Gasteiger partial charge is 0.385 e. The van der Waals surface area contributed by atoms with Gasteiger partial charge in [-0.05, 0) is 69.4 Å². The molecule has 2 heterocycles. The quantitative estimate of drug-likeness (QED) is 0.693. The van der Waals surface area contributed by atoms with Gasteiger partial charge in [0.2, 0.25) is 0 Å². The fourth-order valence-corrected chi connectivity index (χ4v) is 6.18. The van der Waals surface area contributed by atoms with Crippen LogP contribution >= 0.6 is 0 Å². The van der Waals surface area contributed by atoms with Crippen molar-refractivity contribution in [1.82, 2.24) is 4.90 Å². The molecule has 2 aliphatic heterocycles. The van der Waals surface area contributed by atoms with E-state index < -0.39 is 11.7 Å². The number of carbonyl (C=O) groups excluding carboxylic acids is 1. The molecule has 2 saturated carbocycles. The minimum Gasteiger partial charge on any atom is -0.385 e. The molecule has 6 atom stereocenters. The molecule has 0 amide bonds. The van der Waals surface area contributed by atoms with Crippen molar-refractivity contribution < 1.29 is 15.0 Å². The molecule has 0 aromatic heterocycles. The normalized spacial score (nSPS) is 55.5. The van der Waals surface area contributed by atoms with Crippen LogP contribution in [0, 0.1) is 17.8 Å². The Hall–Kier alpha value is -0.450. The molecule has 2 saturated heterocycles. The van der Waals surface area contributed by atoms with Crippen molar-refractivity contribution in [2.75, 3.05) is 13.1 Å². The molecule has 4 rings (SSSR count). The monoisotopic (exact) mass is 279 g/mol. The highest BCUT2D eigenvalue weighted by atomic mass is 16.3. The zero-order chi connectivity index (χ0) is 14.1. The lowest BCUT2D eigenvalue weighted by Gasteiger charge is -2.69. The van der Waals surface area contributed by atoms with E-state index in [1.807, 2.05) is 0 Å². The van der Waals surface area contributed by atoms with Gasteiger partial charge in [-0.1, -0.05) is 6.92 Å². The average molecular weight is 279 g/mol. The minimum absolute atomic E-state index is 0.0624. The summed E-state index contributed by atoms with van der Waals surface area (Å²) in [6, 6.07) is 0. The van der Waals surface area contributed by atoms with E-state index in [1.54, 1.807) is 0 Å². The molecule has 2 N–H and O–H groups in total. The van der Waals surface area contributed by atoms with Crippen molar-refractivity contribution in [3.8, 4) is 0 Å². The second kappa shape index (κ2) is 4.05. The molecule has 4 nitrogen and oxygen atoms in total. The summed E-state index contributed by atoms with van der Waals surface area (Å²) in [6.07, 6.45) is 4.50. The van der Waals surface area contributed by atoms with Gasteiger partial charge in [0.05, 0.1) is 5.54 Å². The molecule has 2 bridgehead atoms. The third kappa shape index (κ3) is 1.31. The van der Waals surface area contributed by atoms with Crippen molar-refractivity contribution in [2.45, 2.75) is 62.7 Å². The summed E-state index contributed by atoms with van der Waals surface area (Å²) in [7, 11) is 0.